The lowest BCUT2D eigenvalue weighted by Crippen LogP contribution is -2.27. The quantitative estimate of drug-likeness (QED) is 0.584. The molecule has 1 aromatic carbocycles. The van der Waals surface area contributed by atoms with Gasteiger partial charge in [-0.3, -0.25) is 4.79 Å². The number of amides is 1. The zero-order valence-corrected chi connectivity index (χ0v) is 16.6. The van der Waals surface area contributed by atoms with Crippen molar-refractivity contribution in [1.29, 1.82) is 0 Å². The van der Waals surface area contributed by atoms with Gasteiger partial charge >= 0.3 is 0 Å². The Morgan fingerprint density at radius 1 is 1.18 bits per heavy atom. The van der Waals surface area contributed by atoms with Crippen LogP contribution in [0, 0.1) is 6.92 Å². The van der Waals surface area contributed by atoms with Crippen molar-refractivity contribution in [3.8, 4) is 0 Å². The van der Waals surface area contributed by atoms with E-state index < -0.39 is 0 Å². The van der Waals surface area contributed by atoms with Crippen molar-refractivity contribution in [3.05, 3.63) is 52.2 Å². The van der Waals surface area contributed by atoms with E-state index in [-0.39, 0.29) is 5.54 Å². The molecule has 0 atom stereocenters. The minimum Gasteiger partial charge on any atom is -0.366 e. The highest BCUT2D eigenvalue weighted by Gasteiger charge is 2.44. The Hall–Kier alpha value is -2.73. The van der Waals surface area contributed by atoms with Gasteiger partial charge in [-0.2, -0.15) is 0 Å². The van der Waals surface area contributed by atoms with E-state index in [0.717, 1.165) is 40.8 Å². The number of benzene rings is 1. The second-order valence-corrected chi connectivity index (χ2v) is 8.64. The number of nitrogens with zero attached hydrogens (tertiary/aromatic N) is 2. The second-order valence-electron chi connectivity index (χ2n) is 7.76. The lowest BCUT2D eigenvalue weighted by atomic mass is 9.98. The lowest BCUT2D eigenvalue weighted by molar-refractivity contribution is -0.110. The first-order valence-electron chi connectivity index (χ1n) is 9.68. The number of aryl methyl sites for hydroxylation is 1. The number of nitrogens with one attached hydrogen (secondary N) is 2. The van der Waals surface area contributed by atoms with E-state index in [0.29, 0.717) is 6.04 Å². The first kappa shape index (κ1) is 17.4. The monoisotopic (exact) mass is 390 g/mol. The minimum absolute atomic E-state index is 0.163. The van der Waals surface area contributed by atoms with E-state index in [9.17, 15) is 4.79 Å². The number of carbonyl (C=O) groups is 1. The smallest absolute Gasteiger partial charge is 0.207 e. The summed E-state index contributed by atoms with van der Waals surface area (Å²) < 4.78 is 1.12. The summed E-state index contributed by atoms with van der Waals surface area (Å²) in [7, 11) is 0. The molecule has 2 heterocycles. The fraction of sp³-hybridized carbons (Fsp3) is 0.318. The Kier molecular flexibility index (Phi) is 4.16. The minimum atomic E-state index is -0.163. The maximum absolute atomic E-state index is 10.9. The van der Waals surface area contributed by atoms with Crippen LogP contribution in [-0.2, 0) is 10.3 Å². The van der Waals surface area contributed by atoms with Crippen molar-refractivity contribution in [2.75, 3.05) is 5.32 Å². The molecule has 2 fully saturated rings. The molecule has 2 saturated carbocycles. The van der Waals surface area contributed by atoms with Gasteiger partial charge in [-0.05, 0) is 55.4 Å². The molecule has 0 bridgehead atoms. The van der Waals surface area contributed by atoms with Crippen molar-refractivity contribution in [1.82, 2.24) is 15.3 Å². The number of carbonyl (C=O) groups excluding carboxylic acids is 1. The van der Waals surface area contributed by atoms with E-state index in [2.05, 4.69) is 63.3 Å². The fourth-order valence-electron chi connectivity index (χ4n) is 3.56. The predicted octanol–water partition coefficient (Wildman–Crippen LogP) is 4.48. The van der Waals surface area contributed by atoms with Gasteiger partial charge in [0.1, 0.15) is 12.1 Å². The van der Waals surface area contributed by atoms with Crippen LogP contribution in [0.3, 0.4) is 0 Å². The van der Waals surface area contributed by atoms with Gasteiger partial charge in [0.15, 0.2) is 0 Å². The topological polar surface area (TPSA) is 66.9 Å². The number of aromatic nitrogens is 2. The number of rotatable bonds is 7. The molecule has 6 heteroatoms. The lowest BCUT2D eigenvalue weighted by Gasteiger charge is -2.16. The van der Waals surface area contributed by atoms with Crippen LogP contribution in [0.5, 0.6) is 0 Å². The van der Waals surface area contributed by atoms with Crippen molar-refractivity contribution in [2.24, 2.45) is 0 Å². The molecular weight excluding hydrogens is 368 g/mol. The maximum Gasteiger partial charge on any atom is 0.207 e. The number of anilines is 1. The predicted molar refractivity (Wildman–Crippen MR) is 114 cm³/mol. The molecule has 0 spiro atoms. The van der Waals surface area contributed by atoms with Crippen molar-refractivity contribution in [3.63, 3.8) is 0 Å². The molecule has 1 amide bonds. The molecule has 2 N–H and O–H groups in total. The van der Waals surface area contributed by atoms with E-state index in [1.54, 1.807) is 17.7 Å². The van der Waals surface area contributed by atoms with Crippen LogP contribution in [0.2, 0.25) is 0 Å². The normalized spacial score (nSPS) is 17.8. The summed E-state index contributed by atoms with van der Waals surface area (Å²) in [4.78, 5) is 19.9. The van der Waals surface area contributed by atoms with Gasteiger partial charge < -0.3 is 10.6 Å². The van der Waals surface area contributed by atoms with Crippen LogP contribution in [-0.4, -0.2) is 22.4 Å². The molecule has 0 radical (unpaired) electrons. The SMILES string of the molecule is Cc1ccc(C2(NC=O)CC2)cc1/C=C/c1csc2c(NC3CC3)ncnc12. The van der Waals surface area contributed by atoms with Gasteiger partial charge in [-0.25, -0.2) is 9.97 Å². The summed E-state index contributed by atoms with van der Waals surface area (Å²) in [6.45, 7) is 2.11. The van der Waals surface area contributed by atoms with Crippen LogP contribution in [0.4, 0.5) is 5.82 Å². The molecular formula is C22H22N4OS. The molecule has 2 aliphatic carbocycles. The third-order valence-corrected chi connectivity index (χ3v) is 6.65. The van der Waals surface area contributed by atoms with Crippen LogP contribution in [0.15, 0.2) is 29.9 Å². The number of hydrogen-bond donors (Lipinski definition) is 2. The van der Waals surface area contributed by atoms with Gasteiger partial charge in [-0.15, -0.1) is 11.3 Å². The van der Waals surface area contributed by atoms with E-state index in [4.69, 9.17) is 0 Å². The van der Waals surface area contributed by atoms with Crippen molar-refractivity contribution >= 4 is 45.9 Å². The number of thiophene rings is 1. The number of fused-ring (bicyclic) bond motifs is 1. The summed E-state index contributed by atoms with van der Waals surface area (Å²) in [6, 6.07) is 7.02. The molecule has 0 aliphatic heterocycles. The number of hydrogen-bond acceptors (Lipinski definition) is 5. The maximum atomic E-state index is 10.9. The van der Waals surface area contributed by atoms with Crippen molar-refractivity contribution in [2.45, 2.75) is 44.2 Å². The van der Waals surface area contributed by atoms with Crippen LogP contribution in [0.1, 0.15) is 47.9 Å². The van der Waals surface area contributed by atoms with Crippen LogP contribution >= 0.6 is 11.3 Å². The summed E-state index contributed by atoms with van der Waals surface area (Å²) in [5, 5.41) is 8.63. The highest BCUT2D eigenvalue weighted by molar-refractivity contribution is 7.18. The first-order valence-corrected chi connectivity index (χ1v) is 10.6. The molecule has 0 unspecified atom stereocenters. The van der Waals surface area contributed by atoms with Crippen LogP contribution in [0.25, 0.3) is 22.4 Å². The standard InChI is InChI=1S/C22H22N4OS/c1-14-2-5-17(22(8-9-22)25-13-27)10-15(14)3-4-16-11-28-20-19(16)23-12-24-21(20)26-18-6-7-18/h2-5,10-13,18H,6-9H2,1H3,(H,25,27)(H,23,24,26)/b4-3+. The zero-order valence-electron chi connectivity index (χ0n) is 15.7. The molecule has 2 aliphatic rings. The van der Waals surface area contributed by atoms with Crippen LogP contribution < -0.4 is 10.6 Å². The first-order chi connectivity index (χ1) is 13.7. The highest BCUT2D eigenvalue weighted by atomic mass is 32.1. The second kappa shape index (κ2) is 6.71. The zero-order chi connectivity index (χ0) is 19.1. The van der Waals surface area contributed by atoms with E-state index in [1.807, 2.05) is 0 Å². The summed E-state index contributed by atoms with van der Waals surface area (Å²) >= 11 is 1.69. The third kappa shape index (κ3) is 3.18. The third-order valence-electron chi connectivity index (χ3n) is 5.66. The summed E-state index contributed by atoms with van der Waals surface area (Å²) in [5.41, 5.74) is 5.50. The van der Waals surface area contributed by atoms with Gasteiger partial charge in [0.25, 0.3) is 0 Å². The molecule has 5 nitrogen and oxygen atoms in total. The molecule has 142 valence electrons. The Bertz CT molecular complexity index is 1080. The molecule has 28 heavy (non-hydrogen) atoms. The van der Waals surface area contributed by atoms with Gasteiger partial charge in [0, 0.05) is 17.0 Å². The average molecular weight is 391 g/mol. The highest BCUT2D eigenvalue weighted by Crippen LogP contribution is 2.45. The van der Waals surface area contributed by atoms with Gasteiger partial charge in [0.05, 0.1) is 15.8 Å². The van der Waals surface area contributed by atoms with Gasteiger partial charge in [0.2, 0.25) is 6.41 Å². The van der Waals surface area contributed by atoms with Crippen molar-refractivity contribution < 1.29 is 4.79 Å². The summed E-state index contributed by atoms with van der Waals surface area (Å²) in [6.07, 6.45) is 11.2. The molecule has 0 saturated heterocycles. The Morgan fingerprint density at radius 2 is 2.00 bits per heavy atom. The Balaban J connectivity index is 1.45. The molecule has 2 aromatic heterocycles. The molecule has 3 aromatic rings. The Labute approximate surface area is 167 Å². The van der Waals surface area contributed by atoms with Gasteiger partial charge in [-0.1, -0.05) is 24.3 Å². The molecule has 5 rings (SSSR count). The average Bonchev–Trinajstić information content (AvgIpc) is 3.62. The van der Waals surface area contributed by atoms with E-state index >= 15 is 0 Å². The Morgan fingerprint density at radius 3 is 2.75 bits per heavy atom. The largest absolute Gasteiger partial charge is 0.366 e. The summed E-state index contributed by atoms with van der Waals surface area (Å²) in [5.74, 6) is 0.950. The fourth-order valence-corrected chi connectivity index (χ4v) is 4.50. The van der Waals surface area contributed by atoms with E-state index in [1.165, 1.54) is 29.5 Å².